The maximum atomic E-state index is 12.3. The van der Waals surface area contributed by atoms with Crippen LogP contribution in [-0.4, -0.2) is 40.7 Å². The summed E-state index contributed by atoms with van der Waals surface area (Å²) in [6, 6.07) is 6.03. The zero-order chi connectivity index (χ0) is 20.5. The molecule has 6 nitrogen and oxygen atoms in total. The number of hydrogen-bond acceptors (Lipinski definition) is 6. The molecular formula is C20H28BrN3O3S. The fourth-order valence-electron chi connectivity index (χ4n) is 3.55. The number of halogens is 1. The fraction of sp³-hybridized carbons (Fsp3) is 0.600. The van der Waals surface area contributed by atoms with Gasteiger partial charge in [-0.05, 0) is 51.8 Å². The molecule has 4 N–H and O–H groups in total. The lowest BCUT2D eigenvalue weighted by Crippen LogP contribution is -2.44. The molecule has 0 saturated carbocycles. The molecule has 8 heteroatoms. The van der Waals surface area contributed by atoms with Crippen LogP contribution in [0.25, 0.3) is 0 Å². The lowest BCUT2D eigenvalue weighted by Gasteiger charge is -2.38. The van der Waals surface area contributed by atoms with Crippen LogP contribution in [0.2, 0.25) is 0 Å². The molecule has 1 aromatic rings. The van der Waals surface area contributed by atoms with E-state index in [0.29, 0.717) is 5.17 Å². The number of aliphatic hydroxyl groups is 1. The van der Waals surface area contributed by atoms with E-state index in [1.54, 1.807) is 25.6 Å². The van der Waals surface area contributed by atoms with E-state index in [1.165, 1.54) is 0 Å². The van der Waals surface area contributed by atoms with Crippen LogP contribution in [-0.2, 0) is 10.3 Å². The fourth-order valence-corrected chi connectivity index (χ4v) is 4.87. The van der Waals surface area contributed by atoms with Crippen LogP contribution in [0.1, 0.15) is 45.6 Å². The first-order valence-corrected chi connectivity index (χ1v) is 11.3. The van der Waals surface area contributed by atoms with Gasteiger partial charge in [0.2, 0.25) is 5.91 Å². The van der Waals surface area contributed by atoms with E-state index < -0.39 is 5.41 Å². The number of nitrogens with zero attached hydrogens (tertiary/aromatic N) is 1. The highest BCUT2D eigenvalue weighted by Gasteiger charge is 2.45. The van der Waals surface area contributed by atoms with E-state index in [1.807, 2.05) is 19.1 Å². The molecule has 2 unspecified atom stereocenters. The smallest absolute Gasteiger partial charge is 0.228 e. The van der Waals surface area contributed by atoms with Gasteiger partial charge in [0.15, 0.2) is 5.17 Å². The minimum Gasteiger partial charge on any atom is -0.490 e. The summed E-state index contributed by atoms with van der Waals surface area (Å²) in [5.74, 6) is 1.54. The molecule has 3 atom stereocenters. The maximum absolute atomic E-state index is 12.3. The van der Waals surface area contributed by atoms with Crippen molar-refractivity contribution < 1.29 is 14.6 Å². The zero-order valence-corrected chi connectivity index (χ0v) is 18.9. The Morgan fingerprint density at radius 3 is 2.96 bits per heavy atom. The summed E-state index contributed by atoms with van der Waals surface area (Å²) < 4.78 is 7.26. The first-order chi connectivity index (χ1) is 13.1. The van der Waals surface area contributed by atoms with Crippen LogP contribution < -0.4 is 15.8 Å². The average molecular weight is 470 g/mol. The van der Waals surface area contributed by atoms with Crippen molar-refractivity contribution >= 4 is 38.8 Å². The van der Waals surface area contributed by atoms with Gasteiger partial charge in [-0.15, -0.1) is 0 Å². The molecule has 28 heavy (non-hydrogen) atoms. The number of rotatable bonds is 6. The summed E-state index contributed by atoms with van der Waals surface area (Å²) in [6.07, 6.45) is 2.37. The van der Waals surface area contributed by atoms with Gasteiger partial charge in [0.05, 0.1) is 12.0 Å². The van der Waals surface area contributed by atoms with Crippen molar-refractivity contribution in [2.24, 2.45) is 16.1 Å². The van der Waals surface area contributed by atoms with Gasteiger partial charge in [0.25, 0.3) is 0 Å². The lowest BCUT2D eigenvalue weighted by atomic mass is 9.82. The van der Waals surface area contributed by atoms with Gasteiger partial charge in [-0.3, -0.25) is 9.79 Å². The van der Waals surface area contributed by atoms with Crippen LogP contribution in [0.15, 0.2) is 27.7 Å². The molecule has 0 radical (unpaired) electrons. The summed E-state index contributed by atoms with van der Waals surface area (Å²) in [5, 5.41) is 13.0. The molecule has 2 aliphatic rings. The highest BCUT2D eigenvalue weighted by atomic mass is 79.9. The largest absolute Gasteiger partial charge is 0.490 e. The third kappa shape index (κ3) is 4.49. The summed E-state index contributed by atoms with van der Waals surface area (Å²) in [5.41, 5.74) is 5.96. The number of thioether (sulfide) groups is 1. The van der Waals surface area contributed by atoms with Gasteiger partial charge in [0, 0.05) is 28.3 Å². The van der Waals surface area contributed by atoms with Crippen LogP contribution >= 0.6 is 27.7 Å². The van der Waals surface area contributed by atoms with E-state index >= 15 is 0 Å². The molecule has 0 bridgehead atoms. The van der Waals surface area contributed by atoms with Gasteiger partial charge in [-0.1, -0.05) is 27.7 Å². The van der Waals surface area contributed by atoms with E-state index in [9.17, 15) is 9.90 Å². The quantitative estimate of drug-likeness (QED) is 0.594. The molecule has 2 heterocycles. The molecule has 2 aliphatic heterocycles. The van der Waals surface area contributed by atoms with Gasteiger partial charge in [-0.25, -0.2) is 0 Å². The number of carbonyl (C=O) groups excluding carboxylic acids is 1. The highest BCUT2D eigenvalue weighted by molar-refractivity contribution is 9.10. The Hall–Kier alpha value is -1.25. The monoisotopic (exact) mass is 469 g/mol. The SMILES string of the molecule is CC(CC[C@H]1CC2(CSC(N)=N2)c2cc(Br)ccc2O1)NC(=O)C(C)(C)CO. The molecule has 0 fully saturated rings. The summed E-state index contributed by atoms with van der Waals surface area (Å²) >= 11 is 5.13. The predicted octanol–water partition coefficient (Wildman–Crippen LogP) is 3.16. The van der Waals surface area contributed by atoms with Gasteiger partial charge in [-0.2, -0.15) is 0 Å². The standard InChI is InChI=1S/C20H28BrN3O3S/c1-12(23-17(26)19(2,3)10-25)4-6-14-9-20(11-28-18(22)24-20)15-8-13(21)5-7-16(15)27-14/h5,7-8,12,14,25H,4,6,9-11H2,1-3H3,(H2,22,24)(H,23,26)/t12?,14-,20?/m0/s1. The number of amides is 1. The van der Waals surface area contributed by atoms with Crippen molar-refractivity contribution in [2.75, 3.05) is 12.4 Å². The third-order valence-corrected chi connectivity index (χ3v) is 6.90. The topological polar surface area (TPSA) is 96.9 Å². The van der Waals surface area contributed by atoms with Crippen molar-refractivity contribution in [2.45, 2.75) is 57.7 Å². The van der Waals surface area contributed by atoms with Crippen molar-refractivity contribution in [3.8, 4) is 5.75 Å². The molecule has 154 valence electrons. The second-order valence-electron chi connectivity index (χ2n) is 8.35. The van der Waals surface area contributed by atoms with Crippen molar-refractivity contribution in [3.05, 3.63) is 28.2 Å². The summed E-state index contributed by atoms with van der Waals surface area (Å²) in [4.78, 5) is 17.0. The Kier molecular flexibility index (Phi) is 6.32. The Morgan fingerprint density at radius 2 is 2.32 bits per heavy atom. The van der Waals surface area contributed by atoms with Crippen molar-refractivity contribution in [1.82, 2.24) is 5.32 Å². The molecular weight excluding hydrogens is 442 g/mol. The number of ether oxygens (including phenoxy) is 1. The van der Waals surface area contributed by atoms with Gasteiger partial charge in [0.1, 0.15) is 17.4 Å². The van der Waals surface area contributed by atoms with Crippen molar-refractivity contribution in [3.63, 3.8) is 0 Å². The van der Waals surface area contributed by atoms with Crippen LogP contribution in [0.5, 0.6) is 5.75 Å². The third-order valence-electron chi connectivity index (χ3n) is 5.39. The van der Waals surface area contributed by atoms with E-state index in [4.69, 9.17) is 15.5 Å². The van der Waals surface area contributed by atoms with Crippen LogP contribution in [0, 0.1) is 5.41 Å². The number of aliphatic hydroxyl groups excluding tert-OH is 1. The number of nitrogens with two attached hydrogens (primary N) is 1. The molecule has 0 aromatic heterocycles. The second-order valence-corrected chi connectivity index (χ2v) is 10.3. The summed E-state index contributed by atoms with van der Waals surface area (Å²) in [7, 11) is 0. The molecule has 0 saturated heterocycles. The number of carbonyl (C=O) groups is 1. The zero-order valence-electron chi connectivity index (χ0n) is 16.5. The van der Waals surface area contributed by atoms with E-state index in [-0.39, 0.29) is 30.2 Å². The van der Waals surface area contributed by atoms with Crippen molar-refractivity contribution in [1.29, 1.82) is 0 Å². The average Bonchev–Trinajstić information content (AvgIpc) is 3.01. The maximum Gasteiger partial charge on any atom is 0.228 e. The molecule has 1 aromatic carbocycles. The molecule has 3 rings (SSSR count). The van der Waals surface area contributed by atoms with Gasteiger partial charge < -0.3 is 20.9 Å². The minimum atomic E-state index is -0.778. The first kappa shape index (κ1) is 21.5. The normalized spacial score (nSPS) is 25.0. The lowest BCUT2D eigenvalue weighted by molar-refractivity contribution is -0.132. The van der Waals surface area contributed by atoms with E-state index in [2.05, 4.69) is 27.3 Å². The Bertz CT molecular complexity index is 786. The molecule has 1 amide bonds. The highest BCUT2D eigenvalue weighted by Crippen LogP contribution is 2.48. The van der Waals surface area contributed by atoms with Crippen LogP contribution in [0.4, 0.5) is 0 Å². The minimum absolute atomic E-state index is 0.00397. The molecule has 0 aliphatic carbocycles. The van der Waals surface area contributed by atoms with Crippen LogP contribution in [0.3, 0.4) is 0 Å². The Balaban J connectivity index is 1.68. The number of fused-ring (bicyclic) bond motifs is 2. The number of nitrogens with one attached hydrogen (secondary N) is 1. The van der Waals surface area contributed by atoms with Gasteiger partial charge >= 0.3 is 0 Å². The number of amidine groups is 1. The summed E-state index contributed by atoms with van der Waals surface area (Å²) in [6.45, 7) is 5.27. The predicted molar refractivity (Wildman–Crippen MR) is 117 cm³/mol. The molecule has 1 spiro atoms. The van der Waals surface area contributed by atoms with E-state index in [0.717, 1.165) is 40.8 Å². The second kappa shape index (κ2) is 8.24. The Labute approximate surface area is 178 Å². The first-order valence-electron chi connectivity index (χ1n) is 9.52. The number of aliphatic imine (C=N–C) groups is 1. The Morgan fingerprint density at radius 1 is 1.57 bits per heavy atom. The number of hydrogen-bond donors (Lipinski definition) is 3. The number of benzene rings is 1.